The van der Waals surface area contributed by atoms with E-state index in [9.17, 15) is 8.42 Å². The van der Waals surface area contributed by atoms with Crippen LogP contribution >= 0.6 is 0 Å². The quantitative estimate of drug-likeness (QED) is 0.552. The number of benzene rings is 2. The Balaban J connectivity index is 2.04. The van der Waals surface area contributed by atoms with Gasteiger partial charge in [0.2, 0.25) is 10.0 Å². The fourth-order valence-corrected chi connectivity index (χ4v) is 5.20. The number of aliphatic imine (C=N–C) groups is 1. The fraction of sp³-hybridized carbons (Fsp3) is 0.435. The van der Waals surface area contributed by atoms with Gasteiger partial charge in [0, 0.05) is 38.0 Å². The molecule has 0 radical (unpaired) electrons. The van der Waals surface area contributed by atoms with E-state index in [0.717, 1.165) is 42.9 Å². The molecule has 2 aromatic rings. The second kappa shape index (κ2) is 10.1. The van der Waals surface area contributed by atoms with Crippen molar-refractivity contribution in [3.63, 3.8) is 0 Å². The van der Waals surface area contributed by atoms with Gasteiger partial charge in [-0.1, -0.05) is 26.0 Å². The van der Waals surface area contributed by atoms with Crippen molar-refractivity contribution in [1.29, 1.82) is 0 Å². The largest absolute Gasteiger partial charge is 0.493 e. The number of anilines is 1. The van der Waals surface area contributed by atoms with Gasteiger partial charge in [-0.15, -0.1) is 0 Å². The van der Waals surface area contributed by atoms with Crippen molar-refractivity contribution in [2.45, 2.75) is 38.5 Å². The summed E-state index contributed by atoms with van der Waals surface area (Å²) in [4.78, 5) is 7.27. The van der Waals surface area contributed by atoms with Crippen LogP contribution in [0.2, 0.25) is 0 Å². The highest BCUT2D eigenvalue weighted by atomic mass is 32.2. The lowest BCUT2D eigenvalue weighted by Crippen LogP contribution is -2.30. The number of rotatable bonds is 9. The Hall–Kier alpha value is -2.38. The zero-order valence-electron chi connectivity index (χ0n) is 18.0. The highest BCUT2D eigenvalue weighted by molar-refractivity contribution is 7.89. The summed E-state index contributed by atoms with van der Waals surface area (Å²) >= 11 is 0. The van der Waals surface area contributed by atoms with Crippen LogP contribution in [0.4, 0.5) is 11.4 Å². The van der Waals surface area contributed by atoms with E-state index in [-0.39, 0.29) is 4.90 Å². The van der Waals surface area contributed by atoms with Gasteiger partial charge in [0.25, 0.3) is 0 Å². The number of sulfonamides is 1. The molecule has 162 valence electrons. The molecule has 0 saturated carbocycles. The number of ether oxygens (including phenoxy) is 1. The van der Waals surface area contributed by atoms with E-state index in [2.05, 4.69) is 4.90 Å². The molecule has 0 spiro atoms. The van der Waals surface area contributed by atoms with E-state index in [0.29, 0.717) is 25.4 Å². The first-order chi connectivity index (χ1) is 14.5. The normalized spacial score (nSPS) is 14.7. The van der Waals surface area contributed by atoms with Crippen LogP contribution in [0.3, 0.4) is 0 Å². The van der Waals surface area contributed by atoms with Gasteiger partial charge in [0.05, 0.1) is 22.9 Å². The van der Waals surface area contributed by atoms with Gasteiger partial charge in [-0.3, -0.25) is 4.99 Å². The summed E-state index contributed by atoms with van der Waals surface area (Å²) in [5.41, 5.74) is 2.50. The number of hydrogen-bond donors (Lipinski definition) is 0. The summed E-state index contributed by atoms with van der Waals surface area (Å²) < 4.78 is 33.2. The number of nitrogens with zero attached hydrogens (tertiary/aromatic N) is 3. The van der Waals surface area contributed by atoms with Gasteiger partial charge in [0.15, 0.2) is 0 Å². The lowest BCUT2D eigenvalue weighted by Gasteiger charge is -2.22. The number of para-hydroxylation sites is 1. The molecule has 0 amide bonds. The molecule has 1 fully saturated rings. The van der Waals surface area contributed by atoms with Crippen LogP contribution in [0.1, 0.15) is 39.2 Å². The van der Waals surface area contributed by atoms with E-state index < -0.39 is 10.0 Å². The van der Waals surface area contributed by atoms with Crippen LogP contribution in [0, 0.1) is 0 Å². The molecule has 2 aromatic carbocycles. The molecule has 6 nitrogen and oxygen atoms in total. The van der Waals surface area contributed by atoms with E-state index in [1.807, 2.05) is 51.1 Å². The van der Waals surface area contributed by atoms with Crippen molar-refractivity contribution >= 4 is 27.6 Å². The maximum absolute atomic E-state index is 13.0. The predicted molar refractivity (Wildman–Crippen MR) is 123 cm³/mol. The molecule has 3 rings (SSSR count). The maximum atomic E-state index is 13.0. The number of hydrogen-bond acceptors (Lipinski definition) is 5. The van der Waals surface area contributed by atoms with Crippen LogP contribution in [0.25, 0.3) is 0 Å². The molecule has 1 aliphatic rings. The fourth-order valence-electron chi connectivity index (χ4n) is 3.72. The minimum Gasteiger partial charge on any atom is -0.493 e. The Morgan fingerprint density at radius 1 is 1.07 bits per heavy atom. The predicted octanol–water partition coefficient (Wildman–Crippen LogP) is 4.47. The standard InChI is InChI=1S/C23H31N3O3S/c1-4-26(5-2)30(27,28)20-13-14-22(25-15-9-10-16-25)21(17-20)24-18-19-11-7-8-12-23(19)29-6-3/h7-8,11-14,17-18H,4-6,9-10,15-16H2,1-3H3. The molecule has 1 aliphatic heterocycles. The van der Waals surface area contributed by atoms with E-state index >= 15 is 0 Å². The highest BCUT2D eigenvalue weighted by Gasteiger charge is 2.24. The monoisotopic (exact) mass is 429 g/mol. The highest BCUT2D eigenvalue weighted by Crippen LogP contribution is 2.34. The molecule has 0 N–H and O–H groups in total. The van der Waals surface area contributed by atoms with Crippen molar-refractivity contribution in [2.24, 2.45) is 4.99 Å². The lowest BCUT2D eigenvalue weighted by molar-refractivity contribution is 0.340. The summed E-state index contributed by atoms with van der Waals surface area (Å²) in [7, 11) is -3.55. The Morgan fingerprint density at radius 3 is 2.43 bits per heavy atom. The van der Waals surface area contributed by atoms with Crippen LogP contribution in [0.15, 0.2) is 52.4 Å². The molecule has 0 bridgehead atoms. The van der Waals surface area contributed by atoms with Gasteiger partial charge in [0.1, 0.15) is 5.75 Å². The summed E-state index contributed by atoms with van der Waals surface area (Å²) in [6.45, 7) is 9.01. The van der Waals surface area contributed by atoms with Gasteiger partial charge in [-0.2, -0.15) is 4.31 Å². The van der Waals surface area contributed by atoms with Crippen molar-refractivity contribution in [3.8, 4) is 5.75 Å². The molecule has 0 unspecified atom stereocenters. The summed E-state index contributed by atoms with van der Waals surface area (Å²) in [6, 6.07) is 13.0. The Morgan fingerprint density at radius 2 is 1.77 bits per heavy atom. The van der Waals surface area contributed by atoms with Crippen molar-refractivity contribution < 1.29 is 13.2 Å². The summed E-state index contributed by atoms with van der Waals surface area (Å²) in [5, 5.41) is 0. The topological polar surface area (TPSA) is 62.2 Å². The van der Waals surface area contributed by atoms with Crippen molar-refractivity contribution in [3.05, 3.63) is 48.0 Å². The minimum absolute atomic E-state index is 0.277. The second-order valence-corrected chi connectivity index (χ2v) is 9.10. The molecule has 1 saturated heterocycles. The first kappa shape index (κ1) is 22.3. The SMILES string of the molecule is CCOc1ccccc1C=Nc1cc(S(=O)(=O)N(CC)CC)ccc1N1CCCC1. The minimum atomic E-state index is -3.55. The average molecular weight is 430 g/mol. The third-order valence-corrected chi connectivity index (χ3v) is 7.34. The molecule has 30 heavy (non-hydrogen) atoms. The van der Waals surface area contributed by atoms with Crippen LogP contribution in [0.5, 0.6) is 5.75 Å². The zero-order chi connectivity index (χ0) is 21.6. The smallest absolute Gasteiger partial charge is 0.243 e. The first-order valence-corrected chi connectivity index (χ1v) is 12.1. The molecular formula is C23H31N3O3S. The molecule has 7 heteroatoms. The van der Waals surface area contributed by atoms with E-state index in [4.69, 9.17) is 9.73 Å². The van der Waals surface area contributed by atoms with E-state index in [1.54, 1.807) is 18.3 Å². The van der Waals surface area contributed by atoms with Crippen LogP contribution in [-0.2, 0) is 10.0 Å². The maximum Gasteiger partial charge on any atom is 0.243 e. The summed E-state index contributed by atoms with van der Waals surface area (Å²) in [5.74, 6) is 0.762. The van der Waals surface area contributed by atoms with Gasteiger partial charge >= 0.3 is 0 Å². The second-order valence-electron chi connectivity index (χ2n) is 7.16. The van der Waals surface area contributed by atoms with Gasteiger partial charge in [-0.25, -0.2) is 8.42 Å². The average Bonchev–Trinajstić information content (AvgIpc) is 3.28. The lowest BCUT2D eigenvalue weighted by atomic mass is 10.2. The first-order valence-electron chi connectivity index (χ1n) is 10.7. The molecular weight excluding hydrogens is 398 g/mol. The molecule has 1 heterocycles. The van der Waals surface area contributed by atoms with Crippen LogP contribution < -0.4 is 9.64 Å². The van der Waals surface area contributed by atoms with E-state index in [1.165, 1.54) is 4.31 Å². The molecule has 0 aromatic heterocycles. The zero-order valence-corrected chi connectivity index (χ0v) is 18.9. The third kappa shape index (κ3) is 4.84. The molecule has 0 atom stereocenters. The van der Waals surface area contributed by atoms with Gasteiger partial charge < -0.3 is 9.64 Å². The van der Waals surface area contributed by atoms with Crippen LogP contribution in [-0.4, -0.2) is 51.7 Å². The van der Waals surface area contributed by atoms with Crippen molar-refractivity contribution in [2.75, 3.05) is 37.7 Å². The Labute approximate surface area is 180 Å². The Bertz CT molecular complexity index is 979. The Kier molecular flexibility index (Phi) is 7.50. The molecule has 0 aliphatic carbocycles. The summed E-state index contributed by atoms with van der Waals surface area (Å²) in [6.07, 6.45) is 4.03. The third-order valence-electron chi connectivity index (χ3n) is 5.30. The van der Waals surface area contributed by atoms with Gasteiger partial charge in [-0.05, 0) is 50.1 Å². The van der Waals surface area contributed by atoms with Crippen molar-refractivity contribution in [1.82, 2.24) is 4.31 Å².